The smallest absolute Gasteiger partial charge is 0.223 e. The van der Waals surface area contributed by atoms with E-state index >= 15 is 0 Å². The molecule has 4 nitrogen and oxygen atoms in total. The molecule has 152 valence electrons. The standard InChI is InChI=1S/C23H38N2O2/c1-7-8-15-25(19-16-22(2,3)24-23(4,5)17-19)21(26)14-11-18-9-12-20(27-6)13-10-18/h9-10,12-13,19,24H,7-8,11,14-17H2,1-6H3. The largest absolute Gasteiger partial charge is 0.497 e. The van der Waals surface area contributed by atoms with Gasteiger partial charge in [-0.15, -0.1) is 0 Å². The minimum atomic E-state index is 0.0488. The van der Waals surface area contributed by atoms with Crippen molar-refractivity contribution in [1.29, 1.82) is 0 Å². The number of aryl methyl sites for hydroxylation is 1. The maximum atomic E-state index is 13.1. The number of nitrogens with one attached hydrogen (secondary N) is 1. The Morgan fingerprint density at radius 2 is 1.74 bits per heavy atom. The molecule has 2 rings (SSSR count). The number of unbranched alkanes of at least 4 members (excludes halogenated alkanes) is 1. The zero-order valence-electron chi connectivity index (χ0n) is 18.1. The Kier molecular flexibility index (Phi) is 7.32. The third-order valence-electron chi connectivity index (χ3n) is 5.47. The van der Waals surface area contributed by atoms with E-state index in [1.165, 1.54) is 5.56 Å². The number of piperidine rings is 1. The summed E-state index contributed by atoms with van der Waals surface area (Å²) in [6, 6.07) is 8.35. The molecule has 0 saturated carbocycles. The second-order valence-corrected chi connectivity index (χ2v) is 9.24. The average molecular weight is 375 g/mol. The first kappa shape index (κ1) is 21.7. The summed E-state index contributed by atoms with van der Waals surface area (Å²) in [6.45, 7) is 12.1. The number of benzene rings is 1. The first-order valence-corrected chi connectivity index (χ1v) is 10.4. The van der Waals surface area contributed by atoms with Gasteiger partial charge in [-0.1, -0.05) is 25.5 Å². The van der Waals surface area contributed by atoms with Crippen LogP contribution in [-0.4, -0.2) is 41.6 Å². The average Bonchev–Trinajstić information content (AvgIpc) is 2.58. The molecule has 4 heteroatoms. The van der Waals surface area contributed by atoms with Gasteiger partial charge in [0.25, 0.3) is 0 Å². The first-order chi connectivity index (χ1) is 12.7. The molecule has 0 spiro atoms. The van der Waals surface area contributed by atoms with Crippen LogP contribution in [0.25, 0.3) is 0 Å². The van der Waals surface area contributed by atoms with Crippen molar-refractivity contribution in [3.05, 3.63) is 29.8 Å². The number of rotatable bonds is 8. The Labute approximate surface area is 165 Å². The van der Waals surface area contributed by atoms with Gasteiger partial charge >= 0.3 is 0 Å². The van der Waals surface area contributed by atoms with Crippen molar-refractivity contribution < 1.29 is 9.53 Å². The fourth-order valence-electron chi connectivity index (χ4n) is 4.52. The van der Waals surface area contributed by atoms with Gasteiger partial charge in [0.15, 0.2) is 0 Å². The van der Waals surface area contributed by atoms with Gasteiger partial charge in [0, 0.05) is 30.1 Å². The molecule has 1 heterocycles. The zero-order chi connectivity index (χ0) is 20.1. The lowest BCUT2D eigenvalue weighted by Crippen LogP contribution is -2.62. The predicted molar refractivity (Wildman–Crippen MR) is 112 cm³/mol. The van der Waals surface area contributed by atoms with Crippen LogP contribution in [0.4, 0.5) is 0 Å². The van der Waals surface area contributed by atoms with E-state index < -0.39 is 0 Å². The zero-order valence-corrected chi connectivity index (χ0v) is 18.1. The van der Waals surface area contributed by atoms with Crippen molar-refractivity contribution in [2.45, 2.75) is 90.3 Å². The summed E-state index contributed by atoms with van der Waals surface area (Å²) < 4.78 is 5.21. The Hall–Kier alpha value is -1.55. The molecular weight excluding hydrogens is 336 g/mol. The maximum absolute atomic E-state index is 13.1. The van der Waals surface area contributed by atoms with Gasteiger partial charge in [-0.05, 0) is 71.1 Å². The number of methoxy groups -OCH3 is 1. The second kappa shape index (κ2) is 9.09. The lowest BCUT2D eigenvalue weighted by Gasteiger charge is -2.49. The van der Waals surface area contributed by atoms with E-state index in [0.717, 1.165) is 44.4 Å². The Morgan fingerprint density at radius 1 is 1.15 bits per heavy atom. The first-order valence-electron chi connectivity index (χ1n) is 10.4. The van der Waals surface area contributed by atoms with Crippen LogP contribution in [0.15, 0.2) is 24.3 Å². The number of nitrogens with zero attached hydrogens (tertiary/aromatic N) is 1. The summed E-state index contributed by atoms with van der Waals surface area (Å²) >= 11 is 0. The second-order valence-electron chi connectivity index (χ2n) is 9.24. The van der Waals surface area contributed by atoms with Gasteiger partial charge in [0.1, 0.15) is 5.75 Å². The van der Waals surface area contributed by atoms with Crippen molar-refractivity contribution in [2.24, 2.45) is 0 Å². The SMILES string of the molecule is CCCCN(C(=O)CCc1ccc(OC)cc1)C1CC(C)(C)NC(C)(C)C1. The lowest BCUT2D eigenvalue weighted by molar-refractivity contribution is -0.135. The van der Waals surface area contributed by atoms with Crippen LogP contribution in [0.2, 0.25) is 0 Å². The normalized spacial score (nSPS) is 18.9. The van der Waals surface area contributed by atoms with Gasteiger partial charge < -0.3 is 15.0 Å². The minimum absolute atomic E-state index is 0.0488. The van der Waals surface area contributed by atoms with Crippen molar-refractivity contribution in [3.8, 4) is 5.75 Å². The topological polar surface area (TPSA) is 41.6 Å². The third-order valence-corrected chi connectivity index (χ3v) is 5.47. The number of amides is 1. The Balaban J connectivity index is 2.06. The quantitative estimate of drug-likeness (QED) is 0.725. The molecule has 0 bridgehead atoms. The van der Waals surface area contributed by atoms with Gasteiger partial charge in [0.2, 0.25) is 5.91 Å². The number of hydrogen-bond donors (Lipinski definition) is 1. The van der Waals surface area contributed by atoms with Crippen LogP contribution < -0.4 is 10.1 Å². The fourth-order valence-corrected chi connectivity index (χ4v) is 4.52. The van der Waals surface area contributed by atoms with Crippen LogP contribution in [0.1, 0.15) is 72.3 Å². The van der Waals surface area contributed by atoms with Gasteiger partial charge in [-0.25, -0.2) is 0 Å². The molecule has 0 atom stereocenters. The molecule has 0 aromatic heterocycles. The highest BCUT2D eigenvalue weighted by atomic mass is 16.5. The number of hydrogen-bond acceptors (Lipinski definition) is 3. The van der Waals surface area contributed by atoms with E-state index in [2.05, 4.69) is 57.0 Å². The molecule has 27 heavy (non-hydrogen) atoms. The van der Waals surface area contributed by atoms with Crippen molar-refractivity contribution in [3.63, 3.8) is 0 Å². The summed E-state index contributed by atoms with van der Waals surface area (Å²) in [4.78, 5) is 15.3. The summed E-state index contributed by atoms with van der Waals surface area (Å²) in [7, 11) is 1.67. The molecular formula is C23H38N2O2. The summed E-state index contributed by atoms with van der Waals surface area (Å²) in [5.74, 6) is 1.14. The summed E-state index contributed by atoms with van der Waals surface area (Å²) in [5.41, 5.74) is 1.28. The van der Waals surface area contributed by atoms with Crippen LogP contribution in [0.5, 0.6) is 5.75 Å². The van der Waals surface area contributed by atoms with Crippen LogP contribution in [0.3, 0.4) is 0 Å². The van der Waals surface area contributed by atoms with Crippen LogP contribution in [0, 0.1) is 0 Å². The highest BCUT2D eigenvalue weighted by Gasteiger charge is 2.40. The van der Waals surface area contributed by atoms with E-state index in [4.69, 9.17) is 4.74 Å². The molecule has 1 amide bonds. The molecule has 1 saturated heterocycles. The lowest BCUT2D eigenvalue weighted by atomic mass is 9.79. The Bertz CT molecular complexity index is 591. The maximum Gasteiger partial charge on any atom is 0.223 e. The molecule has 0 aliphatic carbocycles. The number of ether oxygens (including phenoxy) is 1. The van der Waals surface area contributed by atoms with E-state index in [-0.39, 0.29) is 17.0 Å². The van der Waals surface area contributed by atoms with Crippen molar-refractivity contribution in [2.75, 3.05) is 13.7 Å². The van der Waals surface area contributed by atoms with Gasteiger partial charge in [0.05, 0.1) is 7.11 Å². The molecule has 0 radical (unpaired) electrons. The molecule has 0 unspecified atom stereocenters. The monoisotopic (exact) mass is 374 g/mol. The molecule has 1 N–H and O–H groups in total. The van der Waals surface area contributed by atoms with Gasteiger partial charge in [-0.2, -0.15) is 0 Å². The highest BCUT2D eigenvalue weighted by Crippen LogP contribution is 2.32. The highest BCUT2D eigenvalue weighted by molar-refractivity contribution is 5.77. The number of carbonyl (C=O) groups excluding carboxylic acids is 1. The number of carbonyl (C=O) groups is 1. The molecule has 1 fully saturated rings. The molecule has 1 aromatic carbocycles. The molecule has 1 aliphatic heterocycles. The molecule has 1 aliphatic rings. The minimum Gasteiger partial charge on any atom is -0.497 e. The van der Waals surface area contributed by atoms with E-state index in [0.29, 0.717) is 12.5 Å². The van der Waals surface area contributed by atoms with E-state index in [1.807, 2.05) is 12.1 Å². The predicted octanol–water partition coefficient (Wildman–Crippen LogP) is 4.57. The van der Waals surface area contributed by atoms with E-state index in [1.54, 1.807) is 7.11 Å². The fraction of sp³-hybridized carbons (Fsp3) is 0.696. The van der Waals surface area contributed by atoms with Crippen molar-refractivity contribution >= 4 is 5.91 Å². The molecule has 1 aromatic rings. The summed E-state index contributed by atoms with van der Waals surface area (Å²) in [5, 5.41) is 3.73. The van der Waals surface area contributed by atoms with Crippen LogP contribution in [-0.2, 0) is 11.2 Å². The van der Waals surface area contributed by atoms with Crippen LogP contribution >= 0.6 is 0 Å². The third kappa shape index (κ3) is 6.53. The Morgan fingerprint density at radius 3 is 2.26 bits per heavy atom. The van der Waals surface area contributed by atoms with Crippen molar-refractivity contribution in [1.82, 2.24) is 10.2 Å². The van der Waals surface area contributed by atoms with Gasteiger partial charge in [-0.3, -0.25) is 4.79 Å². The van der Waals surface area contributed by atoms with E-state index in [9.17, 15) is 4.79 Å². The summed E-state index contributed by atoms with van der Waals surface area (Å²) in [6.07, 6.45) is 5.55.